The number of rotatable bonds is 6. The Labute approximate surface area is 167 Å². The van der Waals surface area contributed by atoms with E-state index in [2.05, 4.69) is 52.4 Å². The molecule has 1 saturated heterocycles. The molecule has 1 amide bonds. The van der Waals surface area contributed by atoms with Crippen LogP contribution in [-0.2, 0) is 11.2 Å². The molecule has 0 saturated carbocycles. The number of benzene rings is 2. The molecule has 4 nitrogen and oxygen atoms in total. The second kappa shape index (κ2) is 9.25. The van der Waals surface area contributed by atoms with Gasteiger partial charge in [0, 0.05) is 36.9 Å². The van der Waals surface area contributed by atoms with Crippen LogP contribution in [0.5, 0.6) is 0 Å². The predicted octanol–water partition coefficient (Wildman–Crippen LogP) is 3.90. The highest BCUT2D eigenvalue weighted by Crippen LogP contribution is 2.20. The summed E-state index contributed by atoms with van der Waals surface area (Å²) in [6, 6.07) is 16.4. The molecule has 1 fully saturated rings. The summed E-state index contributed by atoms with van der Waals surface area (Å²) in [5, 5.41) is 3.88. The first kappa shape index (κ1) is 19.7. The number of anilines is 1. The van der Waals surface area contributed by atoms with Gasteiger partial charge in [-0.25, -0.2) is 0 Å². The first-order valence-corrected chi connectivity index (χ1v) is 10.0. The molecule has 2 aromatic rings. The molecule has 27 heavy (non-hydrogen) atoms. The Balaban J connectivity index is 1.46. The number of piperazine rings is 1. The second-order valence-corrected chi connectivity index (χ2v) is 7.56. The van der Waals surface area contributed by atoms with Gasteiger partial charge in [-0.05, 0) is 42.7 Å². The molecular formula is C22H28ClN3O. The first-order valence-electron chi connectivity index (χ1n) is 9.66. The Morgan fingerprint density at radius 1 is 1.11 bits per heavy atom. The SMILES string of the molecule is CCc1ccc([C@H](C)NC(=O)CN2CCN(c3cccc(Cl)c3)CC2)cc1. The van der Waals surface area contributed by atoms with Crippen molar-refractivity contribution in [3.05, 3.63) is 64.7 Å². The lowest BCUT2D eigenvalue weighted by molar-refractivity contribution is -0.123. The normalized spacial score (nSPS) is 16.2. The van der Waals surface area contributed by atoms with E-state index in [1.165, 1.54) is 5.56 Å². The van der Waals surface area contributed by atoms with E-state index in [-0.39, 0.29) is 11.9 Å². The molecule has 144 valence electrons. The van der Waals surface area contributed by atoms with Gasteiger partial charge in [0.05, 0.1) is 12.6 Å². The van der Waals surface area contributed by atoms with Crippen molar-refractivity contribution in [1.82, 2.24) is 10.2 Å². The van der Waals surface area contributed by atoms with Crippen LogP contribution in [-0.4, -0.2) is 43.5 Å². The summed E-state index contributed by atoms with van der Waals surface area (Å²) in [6.07, 6.45) is 1.03. The lowest BCUT2D eigenvalue weighted by atomic mass is 10.1. The highest BCUT2D eigenvalue weighted by Gasteiger charge is 2.20. The third-order valence-corrected chi connectivity index (χ3v) is 5.41. The maximum absolute atomic E-state index is 12.4. The van der Waals surface area contributed by atoms with E-state index in [9.17, 15) is 4.79 Å². The molecule has 5 heteroatoms. The molecule has 0 spiro atoms. The number of hydrogen-bond donors (Lipinski definition) is 1. The molecule has 1 aliphatic rings. The van der Waals surface area contributed by atoms with Crippen molar-refractivity contribution in [2.24, 2.45) is 0 Å². The lowest BCUT2D eigenvalue weighted by Gasteiger charge is -2.36. The summed E-state index contributed by atoms with van der Waals surface area (Å²) < 4.78 is 0. The Kier molecular flexibility index (Phi) is 6.75. The van der Waals surface area contributed by atoms with Crippen LogP contribution in [0.25, 0.3) is 0 Å². The Hall–Kier alpha value is -2.04. The van der Waals surface area contributed by atoms with Gasteiger partial charge >= 0.3 is 0 Å². The summed E-state index contributed by atoms with van der Waals surface area (Å²) in [5.41, 5.74) is 3.61. The van der Waals surface area contributed by atoms with E-state index in [0.29, 0.717) is 6.54 Å². The zero-order valence-electron chi connectivity index (χ0n) is 16.1. The molecule has 1 atom stereocenters. The van der Waals surface area contributed by atoms with Crippen molar-refractivity contribution in [3.63, 3.8) is 0 Å². The molecule has 0 radical (unpaired) electrons. The van der Waals surface area contributed by atoms with Crippen LogP contribution in [0, 0.1) is 0 Å². The number of hydrogen-bond acceptors (Lipinski definition) is 3. The van der Waals surface area contributed by atoms with Crippen molar-refractivity contribution < 1.29 is 4.79 Å². The summed E-state index contributed by atoms with van der Waals surface area (Å²) in [6.45, 7) is 8.19. The average Bonchev–Trinajstić information content (AvgIpc) is 2.68. The van der Waals surface area contributed by atoms with Crippen LogP contribution in [0.15, 0.2) is 48.5 Å². The quantitative estimate of drug-likeness (QED) is 0.819. The van der Waals surface area contributed by atoms with Gasteiger partial charge < -0.3 is 10.2 Å². The predicted molar refractivity (Wildman–Crippen MR) is 112 cm³/mol. The van der Waals surface area contributed by atoms with E-state index in [4.69, 9.17) is 11.6 Å². The summed E-state index contributed by atoms with van der Waals surface area (Å²) in [4.78, 5) is 17.0. The van der Waals surface area contributed by atoms with Crippen LogP contribution < -0.4 is 10.2 Å². The van der Waals surface area contributed by atoms with Gasteiger partial charge in [0.15, 0.2) is 0 Å². The molecule has 0 bridgehead atoms. The van der Waals surface area contributed by atoms with E-state index in [1.54, 1.807) is 0 Å². The molecule has 0 aromatic heterocycles. The van der Waals surface area contributed by atoms with Crippen molar-refractivity contribution in [2.75, 3.05) is 37.6 Å². The van der Waals surface area contributed by atoms with Crippen molar-refractivity contribution in [2.45, 2.75) is 26.3 Å². The number of carbonyl (C=O) groups is 1. The van der Waals surface area contributed by atoms with Gasteiger partial charge in [0.25, 0.3) is 0 Å². The Morgan fingerprint density at radius 2 is 1.81 bits per heavy atom. The molecule has 2 aromatic carbocycles. The van der Waals surface area contributed by atoms with Crippen LogP contribution >= 0.6 is 11.6 Å². The third kappa shape index (κ3) is 5.47. The monoisotopic (exact) mass is 385 g/mol. The van der Waals surface area contributed by atoms with Gasteiger partial charge in [-0.1, -0.05) is 48.9 Å². The molecule has 1 heterocycles. The molecule has 1 aliphatic heterocycles. The van der Waals surface area contributed by atoms with Crippen molar-refractivity contribution in [1.29, 1.82) is 0 Å². The fourth-order valence-electron chi connectivity index (χ4n) is 3.45. The highest BCUT2D eigenvalue weighted by atomic mass is 35.5. The van der Waals surface area contributed by atoms with Gasteiger partial charge in [0.2, 0.25) is 5.91 Å². The van der Waals surface area contributed by atoms with Gasteiger partial charge in [-0.2, -0.15) is 0 Å². The van der Waals surface area contributed by atoms with E-state index >= 15 is 0 Å². The molecular weight excluding hydrogens is 358 g/mol. The Morgan fingerprint density at radius 3 is 2.44 bits per heavy atom. The summed E-state index contributed by atoms with van der Waals surface area (Å²) in [5.74, 6) is 0.0817. The number of aryl methyl sites for hydroxylation is 1. The van der Waals surface area contributed by atoms with Crippen molar-refractivity contribution >= 4 is 23.2 Å². The molecule has 0 aliphatic carbocycles. The molecule has 1 N–H and O–H groups in total. The largest absolute Gasteiger partial charge is 0.369 e. The number of nitrogens with zero attached hydrogens (tertiary/aromatic N) is 2. The summed E-state index contributed by atoms with van der Waals surface area (Å²) in [7, 11) is 0. The van der Waals surface area contributed by atoms with E-state index in [1.807, 2.05) is 25.1 Å². The summed E-state index contributed by atoms with van der Waals surface area (Å²) >= 11 is 6.09. The first-order chi connectivity index (χ1) is 13.0. The fraction of sp³-hybridized carbons (Fsp3) is 0.409. The van der Waals surface area contributed by atoms with Crippen LogP contribution in [0.3, 0.4) is 0 Å². The zero-order valence-corrected chi connectivity index (χ0v) is 16.9. The van der Waals surface area contributed by atoms with Gasteiger partial charge in [-0.15, -0.1) is 0 Å². The molecule has 0 unspecified atom stereocenters. The number of amides is 1. The average molecular weight is 386 g/mol. The standard InChI is InChI=1S/C22H28ClN3O/c1-3-18-7-9-19(10-8-18)17(2)24-22(27)16-25-11-13-26(14-12-25)21-6-4-5-20(23)15-21/h4-10,15,17H,3,11-14,16H2,1-2H3,(H,24,27)/t17-/m0/s1. The number of carbonyl (C=O) groups excluding carboxylic acids is 1. The van der Waals surface area contributed by atoms with Gasteiger partial charge in [0.1, 0.15) is 0 Å². The van der Waals surface area contributed by atoms with Crippen LogP contribution in [0.2, 0.25) is 5.02 Å². The third-order valence-electron chi connectivity index (χ3n) is 5.18. The van der Waals surface area contributed by atoms with Gasteiger partial charge in [-0.3, -0.25) is 9.69 Å². The van der Waals surface area contributed by atoms with Crippen LogP contribution in [0.4, 0.5) is 5.69 Å². The smallest absolute Gasteiger partial charge is 0.234 e. The van der Waals surface area contributed by atoms with E-state index in [0.717, 1.165) is 48.9 Å². The minimum Gasteiger partial charge on any atom is -0.369 e. The van der Waals surface area contributed by atoms with E-state index < -0.39 is 0 Å². The zero-order chi connectivity index (χ0) is 19.2. The maximum atomic E-state index is 12.4. The fourth-order valence-corrected chi connectivity index (χ4v) is 3.64. The van der Waals surface area contributed by atoms with Crippen LogP contribution in [0.1, 0.15) is 31.0 Å². The highest BCUT2D eigenvalue weighted by molar-refractivity contribution is 6.30. The minimum atomic E-state index is 0.0242. The lowest BCUT2D eigenvalue weighted by Crippen LogP contribution is -2.49. The minimum absolute atomic E-state index is 0.0242. The molecule has 3 rings (SSSR count). The second-order valence-electron chi connectivity index (χ2n) is 7.13. The maximum Gasteiger partial charge on any atom is 0.234 e. The number of nitrogens with one attached hydrogen (secondary N) is 1. The topological polar surface area (TPSA) is 35.6 Å². The van der Waals surface area contributed by atoms with Crippen molar-refractivity contribution in [3.8, 4) is 0 Å². The Bertz CT molecular complexity index is 754. The number of halogens is 1.